The molecule has 0 aliphatic heterocycles. The zero-order chi connectivity index (χ0) is 12.9. The van der Waals surface area contributed by atoms with Gasteiger partial charge in [0.1, 0.15) is 5.78 Å². The Morgan fingerprint density at radius 3 is 2.71 bits per heavy atom. The molecule has 0 radical (unpaired) electrons. The highest BCUT2D eigenvalue weighted by molar-refractivity contribution is 5.85. The van der Waals surface area contributed by atoms with Crippen molar-refractivity contribution in [1.29, 1.82) is 0 Å². The van der Waals surface area contributed by atoms with Gasteiger partial charge in [-0.25, -0.2) is 0 Å². The predicted octanol–water partition coefficient (Wildman–Crippen LogP) is 1.96. The van der Waals surface area contributed by atoms with Crippen LogP contribution in [-0.4, -0.2) is 32.1 Å². The number of methoxy groups -OCH3 is 1. The first-order valence-electron chi connectivity index (χ1n) is 6.28. The highest BCUT2D eigenvalue weighted by Crippen LogP contribution is 2.43. The van der Waals surface area contributed by atoms with Crippen LogP contribution in [0.1, 0.15) is 39.5 Å². The van der Waals surface area contributed by atoms with Gasteiger partial charge in [0.2, 0.25) is 0 Å². The number of ketones is 1. The second kappa shape index (κ2) is 6.15. The van der Waals surface area contributed by atoms with Crippen molar-refractivity contribution >= 4 is 11.8 Å². The molecule has 2 atom stereocenters. The van der Waals surface area contributed by atoms with Crippen LogP contribution in [-0.2, 0) is 19.1 Å². The van der Waals surface area contributed by atoms with Crippen LogP contribution in [0.25, 0.3) is 0 Å². The quantitative estimate of drug-likeness (QED) is 0.692. The standard InChI is InChI=1S/C13H22O4/c1-4-10-8-11(14)6-7-13(10,9-16-3)12(15)17-5-2/h10H,4-9H2,1-3H3. The summed E-state index contributed by atoms with van der Waals surface area (Å²) in [6, 6.07) is 0. The second-order valence-electron chi connectivity index (χ2n) is 4.66. The first kappa shape index (κ1) is 14.2. The van der Waals surface area contributed by atoms with E-state index in [0.29, 0.717) is 32.5 Å². The number of esters is 1. The van der Waals surface area contributed by atoms with Crippen LogP contribution in [0, 0.1) is 11.3 Å². The number of hydrogen-bond donors (Lipinski definition) is 0. The molecular formula is C13H22O4. The topological polar surface area (TPSA) is 52.6 Å². The van der Waals surface area contributed by atoms with Crippen LogP contribution in [0.4, 0.5) is 0 Å². The van der Waals surface area contributed by atoms with Gasteiger partial charge in [0.25, 0.3) is 0 Å². The van der Waals surface area contributed by atoms with Crippen molar-refractivity contribution < 1.29 is 19.1 Å². The molecular weight excluding hydrogens is 220 g/mol. The summed E-state index contributed by atoms with van der Waals surface area (Å²) in [5.74, 6) is 0.0804. The van der Waals surface area contributed by atoms with Gasteiger partial charge < -0.3 is 9.47 Å². The van der Waals surface area contributed by atoms with Gasteiger partial charge >= 0.3 is 5.97 Å². The minimum Gasteiger partial charge on any atom is -0.465 e. The molecule has 1 saturated carbocycles. The van der Waals surface area contributed by atoms with Crippen LogP contribution in [0.5, 0.6) is 0 Å². The molecule has 98 valence electrons. The third kappa shape index (κ3) is 2.86. The van der Waals surface area contributed by atoms with Crippen molar-refractivity contribution in [3.05, 3.63) is 0 Å². The molecule has 1 rings (SSSR count). The normalized spacial score (nSPS) is 29.1. The Kier molecular flexibility index (Phi) is 5.12. The van der Waals surface area contributed by atoms with Crippen LogP contribution >= 0.6 is 0 Å². The summed E-state index contributed by atoms with van der Waals surface area (Å²) in [5.41, 5.74) is -0.618. The Morgan fingerprint density at radius 2 is 2.18 bits per heavy atom. The first-order chi connectivity index (χ1) is 8.10. The Balaban J connectivity index is 2.94. The molecule has 4 heteroatoms. The molecule has 1 aliphatic carbocycles. The van der Waals surface area contributed by atoms with Gasteiger partial charge in [-0.2, -0.15) is 0 Å². The van der Waals surface area contributed by atoms with Gasteiger partial charge in [-0.1, -0.05) is 13.3 Å². The van der Waals surface area contributed by atoms with Gasteiger partial charge in [-0.15, -0.1) is 0 Å². The predicted molar refractivity (Wildman–Crippen MR) is 63.6 cm³/mol. The van der Waals surface area contributed by atoms with Gasteiger partial charge in [0.15, 0.2) is 0 Å². The first-order valence-corrected chi connectivity index (χ1v) is 6.28. The Morgan fingerprint density at radius 1 is 1.47 bits per heavy atom. The van der Waals surface area contributed by atoms with Gasteiger partial charge in [0.05, 0.1) is 18.6 Å². The highest BCUT2D eigenvalue weighted by Gasteiger charge is 2.49. The maximum Gasteiger partial charge on any atom is 0.314 e. The third-order valence-electron chi connectivity index (χ3n) is 3.68. The van der Waals surface area contributed by atoms with Gasteiger partial charge in [-0.05, 0) is 19.3 Å². The summed E-state index contributed by atoms with van der Waals surface area (Å²) in [6.45, 7) is 4.52. The smallest absolute Gasteiger partial charge is 0.314 e. The number of rotatable bonds is 5. The number of Topliss-reactive ketones (excluding diaryl/α,β-unsaturated/α-hetero) is 1. The van der Waals surface area contributed by atoms with E-state index in [1.165, 1.54) is 0 Å². The average Bonchev–Trinajstić information content (AvgIpc) is 2.32. The molecule has 0 N–H and O–H groups in total. The monoisotopic (exact) mass is 242 g/mol. The van der Waals surface area contributed by atoms with Crippen molar-refractivity contribution in [2.45, 2.75) is 39.5 Å². The van der Waals surface area contributed by atoms with Crippen molar-refractivity contribution in [2.24, 2.45) is 11.3 Å². The Bertz CT molecular complexity index is 287. The Hall–Kier alpha value is -0.900. The number of carbonyl (C=O) groups excluding carboxylic acids is 2. The van der Waals surface area contributed by atoms with E-state index in [2.05, 4.69) is 0 Å². The SMILES string of the molecule is CCOC(=O)C1(COC)CCC(=O)CC1CC. The maximum atomic E-state index is 12.2. The molecule has 1 aliphatic rings. The number of ether oxygens (including phenoxy) is 2. The third-order valence-corrected chi connectivity index (χ3v) is 3.68. The van der Waals surface area contributed by atoms with Crippen molar-refractivity contribution in [3.63, 3.8) is 0 Å². The molecule has 0 heterocycles. The van der Waals surface area contributed by atoms with Crippen LogP contribution < -0.4 is 0 Å². The van der Waals surface area contributed by atoms with Crippen LogP contribution in [0.15, 0.2) is 0 Å². The molecule has 0 saturated heterocycles. The zero-order valence-electron chi connectivity index (χ0n) is 11.0. The summed E-state index contributed by atoms with van der Waals surface area (Å²) in [4.78, 5) is 23.7. The van der Waals surface area contributed by atoms with E-state index < -0.39 is 5.41 Å². The lowest BCUT2D eigenvalue weighted by Gasteiger charge is -2.40. The van der Waals surface area contributed by atoms with E-state index in [1.54, 1.807) is 14.0 Å². The summed E-state index contributed by atoms with van der Waals surface area (Å²) in [5, 5.41) is 0. The van der Waals surface area contributed by atoms with Crippen molar-refractivity contribution in [2.75, 3.05) is 20.3 Å². The maximum absolute atomic E-state index is 12.2. The zero-order valence-corrected chi connectivity index (χ0v) is 11.0. The second-order valence-corrected chi connectivity index (χ2v) is 4.66. The van der Waals surface area contributed by atoms with Gasteiger partial charge in [-0.3, -0.25) is 9.59 Å². The molecule has 0 bridgehead atoms. The number of carbonyl (C=O) groups is 2. The fourth-order valence-electron chi connectivity index (χ4n) is 2.72. The van der Waals surface area contributed by atoms with Crippen LogP contribution in [0.3, 0.4) is 0 Å². The minimum absolute atomic E-state index is 0.0442. The van der Waals surface area contributed by atoms with E-state index in [1.807, 2.05) is 6.92 Å². The summed E-state index contributed by atoms with van der Waals surface area (Å²) < 4.78 is 10.4. The van der Waals surface area contributed by atoms with E-state index >= 15 is 0 Å². The fraction of sp³-hybridized carbons (Fsp3) is 0.846. The molecule has 0 spiro atoms. The number of hydrogen-bond acceptors (Lipinski definition) is 4. The van der Waals surface area contributed by atoms with Crippen LogP contribution in [0.2, 0.25) is 0 Å². The van der Waals surface area contributed by atoms with Crippen molar-refractivity contribution in [3.8, 4) is 0 Å². The Labute approximate surface area is 103 Å². The molecule has 0 aromatic carbocycles. The van der Waals surface area contributed by atoms with Crippen molar-refractivity contribution in [1.82, 2.24) is 0 Å². The fourth-order valence-corrected chi connectivity index (χ4v) is 2.72. The highest BCUT2D eigenvalue weighted by atomic mass is 16.5. The molecule has 0 aromatic heterocycles. The van der Waals surface area contributed by atoms with E-state index in [4.69, 9.17) is 9.47 Å². The largest absolute Gasteiger partial charge is 0.465 e. The van der Waals surface area contributed by atoms with E-state index in [0.717, 1.165) is 6.42 Å². The van der Waals surface area contributed by atoms with E-state index in [9.17, 15) is 9.59 Å². The molecule has 2 unspecified atom stereocenters. The molecule has 0 amide bonds. The summed E-state index contributed by atoms with van der Waals surface area (Å²) in [7, 11) is 1.59. The minimum atomic E-state index is -0.618. The lowest BCUT2D eigenvalue weighted by molar-refractivity contribution is -0.167. The lowest BCUT2D eigenvalue weighted by atomic mass is 9.65. The average molecular weight is 242 g/mol. The van der Waals surface area contributed by atoms with Gasteiger partial charge in [0, 0.05) is 20.0 Å². The molecule has 1 fully saturated rings. The van der Waals surface area contributed by atoms with E-state index in [-0.39, 0.29) is 17.7 Å². The molecule has 4 nitrogen and oxygen atoms in total. The molecule has 17 heavy (non-hydrogen) atoms. The summed E-state index contributed by atoms with van der Waals surface area (Å²) >= 11 is 0. The molecule has 0 aromatic rings. The summed E-state index contributed by atoms with van der Waals surface area (Å²) in [6.07, 6.45) is 2.28. The lowest BCUT2D eigenvalue weighted by Crippen LogP contribution is -2.47.